The molecule has 21 heavy (non-hydrogen) atoms. The molecule has 1 amide bonds. The lowest BCUT2D eigenvalue weighted by atomic mass is 10.1. The minimum atomic E-state index is -0.449. The number of carbonyl (C=O) groups excluding carboxylic acids is 1. The molecule has 0 aromatic carbocycles. The van der Waals surface area contributed by atoms with Gasteiger partial charge >= 0.3 is 6.09 Å². The maximum Gasteiger partial charge on any atom is 0.407 e. The van der Waals surface area contributed by atoms with Gasteiger partial charge in [0, 0.05) is 18.6 Å². The average molecular weight is 310 g/mol. The monoisotopic (exact) mass is 310 g/mol. The van der Waals surface area contributed by atoms with E-state index in [1.54, 1.807) is 11.3 Å². The second kappa shape index (κ2) is 6.79. The van der Waals surface area contributed by atoms with Crippen LogP contribution in [0.15, 0.2) is 16.8 Å². The van der Waals surface area contributed by atoms with E-state index in [0.29, 0.717) is 12.0 Å². The minimum Gasteiger partial charge on any atom is -0.444 e. The van der Waals surface area contributed by atoms with Crippen LogP contribution in [0.1, 0.15) is 52.1 Å². The van der Waals surface area contributed by atoms with Gasteiger partial charge in [0.05, 0.1) is 0 Å². The van der Waals surface area contributed by atoms with E-state index in [1.165, 1.54) is 18.4 Å². The van der Waals surface area contributed by atoms with Crippen LogP contribution in [0, 0.1) is 5.92 Å². The van der Waals surface area contributed by atoms with Gasteiger partial charge in [0.1, 0.15) is 5.60 Å². The first kappa shape index (κ1) is 16.3. The molecule has 2 N–H and O–H groups in total. The normalized spacial score (nSPS) is 18.1. The van der Waals surface area contributed by atoms with Crippen LogP contribution in [-0.2, 0) is 4.74 Å². The largest absolute Gasteiger partial charge is 0.444 e. The summed E-state index contributed by atoms with van der Waals surface area (Å²) in [6, 6.07) is 2.59. The van der Waals surface area contributed by atoms with Gasteiger partial charge in [-0.1, -0.05) is 0 Å². The van der Waals surface area contributed by atoms with E-state index in [4.69, 9.17) is 4.74 Å². The van der Waals surface area contributed by atoms with Crippen LogP contribution in [0.4, 0.5) is 4.79 Å². The molecule has 2 unspecified atom stereocenters. The van der Waals surface area contributed by atoms with Crippen molar-refractivity contribution in [2.75, 3.05) is 6.54 Å². The number of rotatable bonds is 6. The minimum absolute atomic E-state index is 0.154. The molecule has 1 saturated carbocycles. The standard InChI is InChI=1S/C16H26N2O2S/c1-11(13-7-8-21-10-13)17-9-14(12-5-6-12)18-15(19)20-16(2,3)4/h7-8,10-12,14,17H,5-6,9H2,1-4H3,(H,18,19). The summed E-state index contributed by atoms with van der Waals surface area (Å²) in [5.74, 6) is 0.583. The molecule has 0 aliphatic heterocycles. The van der Waals surface area contributed by atoms with Crippen molar-refractivity contribution in [1.29, 1.82) is 0 Å². The van der Waals surface area contributed by atoms with Crippen LogP contribution in [0.5, 0.6) is 0 Å². The van der Waals surface area contributed by atoms with Gasteiger partial charge in [-0.2, -0.15) is 11.3 Å². The summed E-state index contributed by atoms with van der Waals surface area (Å²) >= 11 is 1.71. The second-order valence-electron chi connectivity index (χ2n) is 6.78. The van der Waals surface area contributed by atoms with E-state index in [-0.39, 0.29) is 12.1 Å². The Labute approximate surface area is 131 Å². The molecule has 1 aliphatic carbocycles. The van der Waals surface area contributed by atoms with Gasteiger partial charge in [-0.3, -0.25) is 0 Å². The maximum atomic E-state index is 11.9. The van der Waals surface area contributed by atoms with E-state index in [0.717, 1.165) is 6.54 Å². The van der Waals surface area contributed by atoms with Crippen LogP contribution in [0.25, 0.3) is 0 Å². The third-order valence-electron chi connectivity index (χ3n) is 3.58. The van der Waals surface area contributed by atoms with Crippen molar-refractivity contribution in [1.82, 2.24) is 10.6 Å². The Bertz CT molecular complexity index is 449. The third kappa shape index (κ3) is 5.67. The SMILES string of the molecule is CC(NCC(NC(=O)OC(C)(C)C)C1CC1)c1ccsc1. The number of alkyl carbamates (subject to hydrolysis) is 1. The average Bonchev–Trinajstić information content (AvgIpc) is 3.06. The summed E-state index contributed by atoms with van der Waals surface area (Å²) in [6.45, 7) is 8.58. The Morgan fingerprint density at radius 3 is 2.71 bits per heavy atom. The van der Waals surface area contributed by atoms with Crippen molar-refractivity contribution in [3.8, 4) is 0 Å². The molecule has 1 fully saturated rings. The molecular formula is C16H26N2O2S. The molecule has 5 heteroatoms. The quantitative estimate of drug-likeness (QED) is 0.842. The van der Waals surface area contributed by atoms with Crippen LogP contribution in [0.2, 0.25) is 0 Å². The second-order valence-corrected chi connectivity index (χ2v) is 7.56. The summed E-state index contributed by atoms with van der Waals surface area (Å²) in [5.41, 5.74) is 0.849. The highest BCUT2D eigenvalue weighted by molar-refractivity contribution is 7.07. The zero-order chi connectivity index (χ0) is 15.5. The molecule has 1 aromatic heterocycles. The lowest BCUT2D eigenvalue weighted by molar-refractivity contribution is 0.0497. The van der Waals surface area contributed by atoms with E-state index < -0.39 is 5.60 Å². The van der Waals surface area contributed by atoms with E-state index in [1.807, 2.05) is 20.8 Å². The number of hydrogen-bond donors (Lipinski definition) is 2. The van der Waals surface area contributed by atoms with Gasteiger partial charge in [0.25, 0.3) is 0 Å². The molecular weight excluding hydrogens is 284 g/mol. The smallest absolute Gasteiger partial charge is 0.407 e. The predicted molar refractivity (Wildman–Crippen MR) is 86.6 cm³/mol. The van der Waals surface area contributed by atoms with Crippen molar-refractivity contribution in [3.63, 3.8) is 0 Å². The highest BCUT2D eigenvalue weighted by Crippen LogP contribution is 2.32. The van der Waals surface area contributed by atoms with Crippen molar-refractivity contribution >= 4 is 17.4 Å². The van der Waals surface area contributed by atoms with Crippen LogP contribution in [-0.4, -0.2) is 24.3 Å². The van der Waals surface area contributed by atoms with Gasteiger partial charge in [0.2, 0.25) is 0 Å². The zero-order valence-electron chi connectivity index (χ0n) is 13.3. The number of ether oxygens (including phenoxy) is 1. The fourth-order valence-corrected chi connectivity index (χ4v) is 2.99. The molecule has 1 aromatic rings. The number of carbonyl (C=O) groups is 1. The maximum absolute atomic E-state index is 11.9. The van der Waals surface area contributed by atoms with E-state index >= 15 is 0 Å². The number of hydrogen-bond acceptors (Lipinski definition) is 4. The fraction of sp³-hybridized carbons (Fsp3) is 0.688. The van der Waals surface area contributed by atoms with Gasteiger partial charge < -0.3 is 15.4 Å². The van der Waals surface area contributed by atoms with Crippen molar-refractivity contribution < 1.29 is 9.53 Å². The summed E-state index contributed by atoms with van der Waals surface area (Å²) in [4.78, 5) is 11.9. The Morgan fingerprint density at radius 2 is 2.19 bits per heavy atom. The molecule has 0 spiro atoms. The summed E-state index contributed by atoms with van der Waals surface area (Å²) in [7, 11) is 0. The summed E-state index contributed by atoms with van der Waals surface area (Å²) in [6.07, 6.45) is 2.06. The van der Waals surface area contributed by atoms with Crippen LogP contribution < -0.4 is 10.6 Å². The number of thiophene rings is 1. The molecule has 1 aliphatic rings. The first-order chi connectivity index (χ1) is 9.85. The fourth-order valence-electron chi connectivity index (χ4n) is 2.24. The Kier molecular flexibility index (Phi) is 5.27. The number of amides is 1. The Hall–Kier alpha value is -1.07. The lowest BCUT2D eigenvalue weighted by Crippen LogP contribution is -2.45. The Morgan fingerprint density at radius 1 is 1.48 bits per heavy atom. The molecule has 118 valence electrons. The van der Waals surface area contributed by atoms with Gasteiger partial charge in [-0.15, -0.1) is 0 Å². The highest BCUT2D eigenvalue weighted by atomic mass is 32.1. The van der Waals surface area contributed by atoms with Gasteiger partial charge in [-0.25, -0.2) is 4.79 Å². The molecule has 1 heterocycles. The van der Waals surface area contributed by atoms with Crippen molar-refractivity contribution in [3.05, 3.63) is 22.4 Å². The summed E-state index contributed by atoms with van der Waals surface area (Å²) in [5, 5.41) is 10.8. The first-order valence-corrected chi connectivity index (χ1v) is 8.54. The topological polar surface area (TPSA) is 50.4 Å². The molecule has 2 atom stereocenters. The van der Waals surface area contributed by atoms with Crippen molar-refractivity contribution in [2.24, 2.45) is 5.92 Å². The Balaban J connectivity index is 1.81. The summed E-state index contributed by atoms with van der Waals surface area (Å²) < 4.78 is 5.35. The highest BCUT2D eigenvalue weighted by Gasteiger charge is 2.33. The molecule has 4 nitrogen and oxygen atoms in total. The molecule has 0 radical (unpaired) electrons. The van der Waals surface area contributed by atoms with E-state index in [2.05, 4.69) is 34.4 Å². The predicted octanol–water partition coefficient (Wildman–Crippen LogP) is 3.70. The zero-order valence-corrected chi connectivity index (χ0v) is 14.1. The molecule has 0 saturated heterocycles. The molecule has 2 rings (SSSR count). The lowest BCUT2D eigenvalue weighted by Gasteiger charge is -2.25. The first-order valence-electron chi connectivity index (χ1n) is 7.60. The van der Waals surface area contributed by atoms with Crippen molar-refractivity contribution in [2.45, 2.75) is 58.2 Å². The third-order valence-corrected chi connectivity index (χ3v) is 4.28. The number of nitrogens with one attached hydrogen (secondary N) is 2. The van der Waals surface area contributed by atoms with E-state index in [9.17, 15) is 4.79 Å². The molecule has 0 bridgehead atoms. The van der Waals surface area contributed by atoms with Crippen LogP contribution in [0.3, 0.4) is 0 Å². The van der Waals surface area contributed by atoms with Crippen LogP contribution >= 0.6 is 11.3 Å². The van der Waals surface area contributed by atoms with Gasteiger partial charge in [-0.05, 0) is 68.8 Å². The van der Waals surface area contributed by atoms with Gasteiger partial charge in [0.15, 0.2) is 0 Å².